The molecule has 144 heavy (non-hydrogen) atoms. The molecule has 6 aliphatic heterocycles. The Labute approximate surface area is 913 Å². The first-order valence-electron chi connectivity index (χ1n) is 50.5. The second-order valence-electron chi connectivity index (χ2n) is 44.9. The predicted molar refractivity (Wildman–Crippen MR) is 669 cm³/mol. The van der Waals surface area contributed by atoms with Crippen LogP contribution in [0.25, 0.3) is 191 Å². The average Bonchev–Trinajstić information content (AvgIpc) is 1.48. The van der Waals surface area contributed by atoms with Gasteiger partial charge in [-0.3, -0.25) is 0 Å². The van der Waals surface area contributed by atoms with Crippen molar-refractivity contribution >= 4 is 428 Å². The molecular formula is C112H116Ge2N6O4S16Si4. The van der Waals surface area contributed by atoms with Crippen LogP contribution in [-0.4, -0.2) is 112 Å². The third-order valence-electron chi connectivity index (χ3n) is 32.1. The number of rotatable bonds is 14. The molecule has 29 rings (SSSR count). The second kappa shape index (κ2) is 34.0. The van der Waals surface area contributed by atoms with E-state index in [4.69, 9.17) is 29.4 Å². The number of unbranched alkanes of at least 4 members (excludes halogenated alkanes) is 2. The molecule has 0 atom stereocenters. The number of hydrogen-bond acceptors (Lipinski definition) is 24. The normalized spacial score (nSPS) is 15.8. The Bertz CT molecular complexity index is 8810. The molecular weight excluding hydrogens is 2260 g/mol. The average molecular weight is 2380 g/mol. The molecule has 2 N–H and O–H groups in total. The van der Waals surface area contributed by atoms with Crippen LogP contribution in [0.3, 0.4) is 0 Å². The van der Waals surface area contributed by atoms with Crippen molar-refractivity contribution in [3.63, 3.8) is 0 Å². The van der Waals surface area contributed by atoms with Crippen molar-refractivity contribution in [2.75, 3.05) is 14.2 Å². The minimum atomic E-state index is -2.29. The molecule has 23 aromatic rings. The van der Waals surface area contributed by atoms with Gasteiger partial charge in [-0.25, -0.2) is 19.9 Å². The molecule has 0 spiro atoms. The quantitative estimate of drug-likeness (QED) is 0.103. The van der Waals surface area contributed by atoms with Crippen LogP contribution < -0.4 is 68.6 Å². The molecule has 5 aromatic carbocycles. The van der Waals surface area contributed by atoms with Gasteiger partial charge < -0.3 is 28.8 Å². The third kappa shape index (κ3) is 13.5. The number of methoxy groups -OCH3 is 2. The van der Waals surface area contributed by atoms with E-state index in [0.29, 0.717) is 11.8 Å². The van der Waals surface area contributed by atoms with Crippen LogP contribution >= 0.6 is 181 Å². The Morgan fingerprint density at radius 3 is 1.01 bits per heavy atom. The summed E-state index contributed by atoms with van der Waals surface area (Å²) in [7, 11) is -4.53. The van der Waals surface area contributed by atoms with Gasteiger partial charge in [0.25, 0.3) is 0 Å². The summed E-state index contributed by atoms with van der Waals surface area (Å²) in [5.74, 6) is 13.8. The predicted octanol–water partition coefficient (Wildman–Crippen LogP) is 30.2. The van der Waals surface area contributed by atoms with Gasteiger partial charge in [0.2, 0.25) is 0 Å². The van der Waals surface area contributed by atoms with E-state index in [1.165, 1.54) is 254 Å². The summed E-state index contributed by atoms with van der Waals surface area (Å²) in [5, 5.41) is 44.1. The maximum absolute atomic E-state index is 11.0. The summed E-state index contributed by atoms with van der Waals surface area (Å²) in [5.41, 5.74) is 19.6. The van der Waals surface area contributed by atoms with Gasteiger partial charge in [0.05, 0.1) is 97.7 Å². The summed E-state index contributed by atoms with van der Waals surface area (Å²) >= 11 is 26.3. The van der Waals surface area contributed by atoms with Crippen molar-refractivity contribution < 1.29 is 19.7 Å². The number of aliphatic hydroxyl groups is 2. The van der Waals surface area contributed by atoms with Crippen LogP contribution in [0.2, 0.25) is 75.4 Å². The Kier molecular flexibility index (Phi) is 23.1. The number of aliphatic hydroxyl groups excluding tert-OH is 2. The van der Waals surface area contributed by atoms with E-state index < -0.39 is 58.8 Å². The van der Waals surface area contributed by atoms with E-state index in [-0.39, 0.29) is 13.2 Å². The van der Waals surface area contributed by atoms with Gasteiger partial charge in [-0.05, 0) is 167 Å². The van der Waals surface area contributed by atoms with Crippen LogP contribution in [0, 0.1) is 67.2 Å². The van der Waals surface area contributed by atoms with Crippen LogP contribution in [-0.2, 0) is 39.1 Å². The van der Waals surface area contributed by atoms with Crippen molar-refractivity contribution in [2.45, 2.75) is 237 Å². The van der Waals surface area contributed by atoms with Crippen molar-refractivity contribution in [1.82, 2.24) is 29.1 Å². The van der Waals surface area contributed by atoms with Crippen LogP contribution in [0.1, 0.15) is 129 Å². The molecule has 24 heterocycles. The number of thiophene rings is 12. The summed E-state index contributed by atoms with van der Waals surface area (Å²) in [4.78, 5) is 38.9. The molecule has 0 saturated carbocycles. The Morgan fingerprint density at radius 1 is 0.340 bits per heavy atom. The van der Waals surface area contributed by atoms with Crippen LogP contribution in [0.15, 0.2) is 48.5 Å². The topological polar surface area (TPSA) is 120 Å². The Balaban J connectivity index is 0.0000000991. The summed E-state index contributed by atoms with van der Waals surface area (Å²) in [6, 6.07) is 20.2. The number of benzene rings is 5. The molecule has 0 fully saturated rings. The molecule has 6 aliphatic rings. The van der Waals surface area contributed by atoms with E-state index >= 15 is 0 Å². The number of aromatic nitrogens is 6. The third-order valence-corrected chi connectivity index (χ3v) is 82.1. The van der Waals surface area contributed by atoms with E-state index in [1.807, 2.05) is 173 Å². The fourth-order valence-electron chi connectivity index (χ4n) is 26.6. The van der Waals surface area contributed by atoms with Gasteiger partial charge >= 0.3 is 200 Å². The Morgan fingerprint density at radius 2 is 0.653 bits per heavy atom. The molecule has 0 amide bonds. The van der Waals surface area contributed by atoms with Gasteiger partial charge in [0, 0.05) is 105 Å². The Hall–Kier alpha value is -5.57. The first kappa shape index (κ1) is 97.9. The van der Waals surface area contributed by atoms with Gasteiger partial charge in [0.15, 0.2) is 0 Å². The zero-order valence-electron chi connectivity index (χ0n) is 86.8. The zero-order chi connectivity index (χ0) is 101. The SMILES string of the molecule is CCCCc1cc2c(cc(CCCC)c3c4sc5nc(C)sc5c4n(CC(C)C)c23)c2c1c1sc3nc(C)sc3c1n2CC(C)C.COc1c2c(c(CO)c3c1[Si](C)(C)c1c-3sc3cc(C)sc13)[Si](C)(C)c1c-2sc2cc(C)sc12.COc1c2c(c(CO)c3c1[Si](C)(C)c1c-3sc3nc(C)sc13)[Si](C)(C)c1c-2sc2nc(C)sc12.Cc1cc2sc3[c](c2s1)[Ge]([CH3])([CH3])[c]1cc2[c](cc1-3)[Ge]([CH3])([CH3])[c]1c-2sc2cc(C)sc12. The van der Waals surface area contributed by atoms with Gasteiger partial charge in [-0.2, -0.15) is 0 Å². The second-order valence-corrected chi connectivity index (χ2v) is 98.0. The van der Waals surface area contributed by atoms with Crippen LogP contribution in [0.4, 0.5) is 0 Å². The summed E-state index contributed by atoms with van der Waals surface area (Å²) in [6.07, 6.45) is 7.02. The van der Waals surface area contributed by atoms with E-state index in [9.17, 15) is 10.2 Å². The molecule has 0 radical (unpaired) electrons. The molecule has 738 valence electrons. The van der Waals surface area contributed by atoms with Gasteiger partial charge in [-0.15, -0.1) is 136 Å². The molecule has 32 heteroatoms. The fourth-order valence-corrected chi connectivity index (χ4v) is 87.3. The number of nitrogens with zero attached hydrogens (tertiary/aromatic N) is 6. The number of aryl methyl sites for hydroxylation is 10. The monoisotopic (exact) mass is 2380 g/mol. The molecule has 10 nitrogen and oxygen atoms in total. The number of fused-ring (bicyclic) bond motifs is 43. The van der Waals surface area contributed by atoms with Gasteiger partial charge in [0.1, 0.15) is 63.1 Å². The van der Waals surface area contributed by atoms with Crippen molar-refractivity contribution in [3.05, 3.63) is 110 Å². The van der Waals surface area contributed by atoms with Crippen molar-refractivity contribution in [3.8, 4) is 74.1 Å². The molecule has 0 unspecified atom stereocenters. The molecule has 0 bridgehead atoms. The van der Waals surface area contributed by atoms with Crippen LogP contribution in [0.5, 0.6) is 11.5 Å². The molecule has 18 aromatic heterocycles. The first-order chi connectivity index (χ1) is 68.6. The maximum atomic E-state index is 11.0. The minimum absolute atomic E-state index is 0.0623. The van der Waals surface area contributed by atoms with Gasteiger partial charge in [-0.1, -0.05) is 107 Å². The molecule has 0 aliphatic carbocycles. The van der Waals surface area contributed by atoms with Crippen molar-refractivity contribution in [1.29, 1.82) is 0 Å². The molecule has 0 saturated heterocycles. The standard InChI is InChI=1S/C38H44N4S4.C26H26O2S4Si2.C24H22Ge2S4.C24H24N2O2S4Si2/c1-9-11-13-23-15-25-26(29-27(23)33-31(41(29)17-19(3)4)35-37(45-33)39-21(7)43-35)16-24(14-12-10-2)28-30(25)42(18-20(5)6)32-34(28)46-38-36(32)44-22(8)40-38;1-11-8-14-19(29-11)25-21(31-14)16-13(10-27)23-17(18(28-3)24(16)34(25,6)7)22-26(33(23,4)5)20-15(32-22)9-12(2)30-20;1-11-7-17-23(27-11)19-21(29-17)13-9-16-14(10-15(13)25(19,3)4)22-20(26(16,5)6)24-18(30-22)8-12(2)28-24;1-9-25-23-17(29-9)21-15(31-23)12-11(8-27)19-13(14(28-3)20(12)34(21,6)7)16-22(33(19,4)5)18-24(32-16)26-10(2)30-18/h15-16,19-20H,9-14,17-18H2,1-8H3;8-9,27H,10H2,1-7H3;7-10H,1-6H3;27H,8H2,1-7H3. The number of ether oxygens (including phenoxy) is 2. The number of thiazole rings is 4. The first-order valence-corrected chi connectivity index (χ1v) is 88.2. The number of hydrogen-bond donors (Lipinski definition) is 2. The summed E-state index contributed by atoms with van der Waals surface area (Å²) < 4.78 is 45.7. The van der Waals surface area contributed by atoms with E-state index in [2.05, 4.69) is 253 Å². The van der Waals surface area contributed by atoms with Crippen molar-refractivity contribution in [2.24, 2.45) is 11.8 Å². The van der Waals surface area contributed by atoms with E-state index in [0.717, 1.165) is 62.7 Å². The summed E-state index contributed by atoms with van der Waals surface area (Å²) in [6.45, 7) is 53.6. The zero-order valence-corrected chi connectivity index (χ0v) is 108. The fraction of sp³-hybridized carbons (Fsp3) is 0.357. The van der Waals surface area contributed by atoms with E-state index in [1.54, 1.807) is 58.2 Å².